The van der Waals surface area contributed by atoms with Gasteiger partial charge in [-0.15, -0.1) is 0 Å². The molecule has 1 atom stereocenters. The van der Waals surface area contributed by atoms with Crippen molar-refractivity contribution in [2.24, 2.45) is 0 Å². The standard InChI is InChI=1S/C26H20BrNO3/c1-14-4-10-19(11-5-14)28-23(17-6-8-18(27)9-7-17)22-24(29)20-12-15(2)16(3)13-21(20)31-25(22)26(28)30/h4-13,23H,1-3H3. The van der Waals surface area contributed by atoms with Crippen LogP contribution in [-0.2, 0) is 0 Å². The number of carbonyl (C=O) groups is 1. The van der Waals surface area contributed by atoms with Crippen LogP contribution in [0.3, 0.4) is 0 Å². The summed E-state index contributed by atoms with van der Waals surface area (Å²) in [5.41, 5.74) is 5.39. The number of nitrogens with zero attached hydrogens (tertiary/aromatic N) is 1. The van der Waals surface area contributed by atoms with Crippen molar-refractivity contribution < 1.29 is 9.21 Å². The van der Waals surface area contributed by atoms with Gasteiger partial charge in [-0.3, -0.25) is 14.5 Å². The van der Waals surface area contributed by atoms with E-state index in [9.17, 15) is 9.59 Å². The molecule has 1 aromatic heterocycles. The summed E-state index contributed by atoms with van der Waals surface area (Å²) in [4.78, 5) is 28.9. The summed E-state index contributed by atoms with van der Waals surface area (Å²) in [6, 6.07) is 18.6. The molecule has 154 valence electrons. The summed E-state index contributed by atoms with van der Waals surface area (Å²) in [5.74, 6) is -0.182. The second kappa shape index (κ2) is 7.20. The normalized spacial score (nSPS) is 15.5. The van der Waals surface area contributed by atoms with Crippen molar-refractivity contribution in [2.75, 3.05) is 4.90 Å². The molecular weight excluding hydrogens is 454 g/mol. The Morgan fingerprint density at radius 3 is 2.19 bits per heavy atom. The number of benzene rings is 3. The number of hydrogen-bond acceptors (Lipinski definition) is 3. The summed E-state index contributed by atoms with van der Waals surface area (Å²) < 4.78 is 7.01. The van der Waals surface area contributed by atoms with Gasteiger partial charge >= 0.3 is 0 Å². The third-order valence-electron chi connectivity index (χ3n) is 5.98. The van der Waals surface area contributed by atoms with Crippen molar-refractivity contribution in [1.82, 2.24) is 0 Å². The summed E-state index contributed by atoms with van der Waals surface area (Å²) in [7, 11) is 0. The first-order valence-corrected chi connectivity index (χ1v) is 10.9. The minimum atomic E-state index is -0.555. The van der Waals surface area contributed by atoms with Crippen LogP contribution in [0.4, 0.5) is 5.69 Å². The van der Waals surface area contributed by atoms with Crippen molar-refractivity contribution in [3.8, 4) is 0 Å². The van der Waals surface area contributed by atoms with Crippen molar-refractivity contribution in [3.63, 3.8) is 0 Å². The lowest BCUT2D eigenvalue weighted by Crippen LogP contribution is -2.29. The molecule has 1 amide bonds. The first kappa shape index (κ1) is 19.8. The molecule has 4 nitrogen and oxygen atoms in total. The van der Waals surface area contributed by atoms with E-state index in [4.69, 9.17) is 4.42 Å². The number of carbonyl (C=O) groups excluding carboxylic acids is 1. The molecule has 1 unspecified atom stereocenters. The molecule has 0 bridgehead atoms. The van der Waals surface area contributed by atoms with Gasteiger partial charge in [-0.05, 0) is 73.9 Å². The molecule has 5 heteroatoms. The maximum Gasteiger partial charge on any atom is 0.295 e. The van der Waals surface area contributed by atoms with Crippen LogP contribution in [0.1, 0.15) is 44.4 Å². The number of aryl methyl sites for hydroxylation is 3. The fourth-order valence-corrected chi connectivity index (χ4v) is 4.42. The van der Waals surface area contributed by atoms with Gasteiger partial charge < -0.3 is 4.42 Å². The van der Waals surface area contributed by atoms with Gasteiger partial charge in [-0.2, -0.15) is 0 Å². The van der Waals surface area contributed by atoms with E-state index in [2.05, 4.69) is 15.9 Å². The molecule has 2 heterocycles. The molecule has 1 aliphatic heterocycles. The van der Waals surface area contributed by atoms with E-state index >= 15 is 0 Å². The zero-order valence-corrected chi connectivity index (χ0v) is 19.0. The summed E-state index contributed by atoms with van der Waals surface area (Å²) >= 11 is 3.47. The fraction of sp³-hybridized carbons (Fsp3) is 0.154. The Kier molecular flexibility index (Phi) is 4.59. The second-order valence-corrected chi connectivity index (χ2v) is 8.99. The predicted molar refractivity (Wildman–Crippen MR) is 126 cm³/mol. The predicted octanol–water partition coefficient (Wildman–Crippen LogP) is 6.23. The second-order valence-electron chi connectivity index (χ2n) is 8.07. The van der Waals surface area contributed by atoms with E-state index in [1.165, 1.54) is 0 Å². The maximum atomic E-state index is 13.7. The number of fused-ring (bicyclic) bond motifs is 2. The first-order chi connectivity index (χ1) is 14.8. The Morgan fingerprint density at radius 1 is 0.871 bits per heavy atom. The minimum Gasteiger partial charge on any atom is -0.450 e. The Hall–Kier alpha value is -3.18. The van der Waals surface area contributed by atoms with Crippen LogP contribution in [-0.4, -0.2) is 5.91 Å². The van der Waals surface area contributed by atoms with Crippen LogP contribution in [0.2, 0.25) is 0 Å². The summed E-state index contributed by atoms with van der Waals surface area (Å²) in [5, 5.41) is 0.502. The van der Waals surface area contributed by atoms with Crippen molar-refractivity contribution in [3.05, 3.63) is 109 Å². The van der Waals surface area contributed by atoms with Gasteiger partial charge in [-0.25, -0.2) is 0 Å². The Balaban J connectivity index is 1.82. The largest absolute Gasteiger partial charge is 0.450 e. The monoisotopic (exact) mass is 473 g/mol. The molecule has 1 aliphatic rings. The highest BCUT2D eigenvalue weighted by molar-refractivity contribution is 9.10. The van der Waals surface area contributed by atoms with Crippen LogP contribution >= 0.6 is 15.9 Å². The zero-order chi connectivity index (χ0) is 21.9. The van der Waals surface area contributed by atoms with Gasteiger partial charge in [0.1, 0.15) is 5.58 Å². The average Bonchev–Trinajstić information content (AvgIpc) is 3.04. The topological polar surface area (TPSA) is 50.5 Å². The molecule has 4 aromatic rings. The van der Waals surface area contributed by atoms with Gasteiger partial charge in [0.05, 0.1) is 17.0 Å². The molecule has 0 saturated heterocycles. The van der Waals surface area contributed by atoms with E-state index in [0.29, 0.717) is 16.5 Å². The van der Waals surface area contributed by atoms with Crippen LogP contribution in [0.5, 0.6) is 0 Å². The molecule has 0 fully saturated rings. The highest BCUT2D eigenvalue weighted by atomic mass is 79.9. The van der Waals surface area contributed by atoms with Gasteiger partial charge in [0, 0.05) is 10.2 Å². The lowest BCUT2D eigenvalue weighted by Gasteiger charge is -2.25. The van der Waals surface area contributed by atoms with Gasteiger partial charge in [0.15, 0.2) is 5.43 Å². The number of anilines is 1. The van der Waals surface area contributed by atoms with Crippen LogP contribution in [0.15, 0.2) is 74.3 Å². The fourth-order valence-electron chi connectivity index (χ4n) is 4.16. The molecule has 3 aromatic carbocycles. The SMILES string of the molecule is Cc1ccc(N2C(=O)c3oc4cc(C)c(C)cc4c(=O)c3C2c2ccc(Br)cc2)cc1. The van der Waals surface area contributed by atoms with Gasteiger partial charge in [0.25, 0.3) is 5.91 Å². The minimum absolute atomic E-state index is 0.120. The first-order valence-electron chi connectivity index (χ1n) is 10.1. The molecule has 0 radical (unpaired) electrons. The van der Waals surface area contributed by atoms with E-state index < -0.39 is 6.04 Å². The highest BCUT2D eigenvalue weighted by Crippen LogP contribution is 2.41. The van der Waals surface area contributed by atoms with E-state index in [1.807, 2.05) is 81.4 Å². The Labute approximate surface area is 188 Å². The number of halogens is 1. The summed E-state index contributed by atoms with van der Waals surface area (Å²) in [6.45, 7) is 5.93. The maximum absolute atomic E-state index is 13.7. The van der Waals surface area contributed by atoms with Crippen LogP contribution < -0.4 is 10.3 Å². The highest BCUT2D eigenvalue weighted by Gasteiger charge is 2.43. The molecule has 0 spiro atoms. The zero-order valence-electron chi connectivity index (χ0n) is 17.4. The molecule has 31 heavy (non-hydrogen) atoms. The molecular formula is C26H20BrNO3. The quantitative estimate of drug-likeness (QED) is 0.346. The average molecular weight is 474 g/mol. The van der Waals surface area contributed by atoms with Gasteiger partial charge in [-0.1, -0.05) is 45.8 Å². The smallest absolute Gasteiger partial charge is 0.295 e. The summed E-state index contributed by atoms with van der Waals surface area (Å²) in [6.07, 6.45) is 0. The van der Waals surface area contributed by atoms with Crippen molar-refractivity contribution in [1.29, 1.82) is 0 Å². The Bertz CT molecular complexity index is 1400. The van der Waals surface area contributed by atoms with Crippen molar-refractivity contribution in [2.45, 2.75) is 26.8 Å². The lowest BCUT2D eigenvalue weighted by molar-refractivity contribution is 0.0971. The number of amides is 1. The molecule has 0 aliphatic carbocycles. The van der Waals surface area contributed by atoms with E-state index in [0.717, 1.165) is 32.4 Å². The van der Waals surface area contributed by atoms with Crippen molar-refractivity contribution >= 4 is 38.5 Å². The third-order valence-corrected chi connectivity index (χ3v) is 6.51. The van der Waals surface area contributed by atoms with E-state index in [-0.39, 0.29) is 17.1 Å². The number of rotatable bonds is 2. The third kappa shape index (κ3) is 3.12. The van der Waals surface area contributed by atoms with E-state index in [1.54, 1.807) is 4.90 Å². The number of hydrogen-bond donors (Lipinski definition) is 0. The molecule has 5 rings (SSSR count). The van der Waals surface area contributed by atoms with Gasteiger partial charge in [0.2, 0.25) is 5.76 Å². The molecule has 0 saturated carbocycles. The Morgan fingerprint density at radius 2 is 1.52 bits per heavy atom. The lowest BCUT2D eigenvalue weighted by atomic mass is 9.97. The molecule has 0 N–H and O–H groups in total. The van der Waals surface area contributed by atoms with Crippen LogP contribution in [0.25, 0.3) is 11.0 Å². The van der Waals surface area contributed by atoms with Crippen LogP contribution in [0, 0.1) is 20.8 Å².